The van der Waals surface area contributed by atoms with Gasteiger partial charge >= 0.3 is 6.03 Å². The summed E-state index contributed by atoms with van der Waals surface area (Å²) in [6, 6.07) is 4.19. The summed E-state index contributed by atoms with van der Waals surface area (Å²) < 4.78 is 18.8. The molecule has 0 bridgehead atoms. The number of nitrogens with zero attached hydrogens (tertiary/aromatic N) is 1. The molecular formula is C12H15FN2O3. The molecule has 1 fully saturated rings. The number of ether oxygens (including phenoxy) is 1. The number of hydrogen-bond donors (Lipinski definition) is 2. The maximum Gasteiger partial charge on any atom is 0.317 e. The molecule has 18 heavy (non-hydrogen) atoms. The van der Waals surface area contributed by atoms with Crippen molar-refractivity contribution in [1.29, 1.82) is 0 Å². The lowest BCUT2D eigenvalue weighted by Crippen LogP contribution is -2.31. The Balaban J connectivity index is 1.84. The van der Waals surface area contributed by atoms with Crippen LogP contribution in [-0.2, 0) is 6.61 Å². The van der Waals surface area contributed by atoms with E-state index in [-0.39, 0.29) is 25.0 Å². The van der Waals surface area contributed by atoms with Gasteiger partial charge in [0.05, 0.1) is 13.2 Å². The largest absolute Gasteiger partial charge is 0.489 e. The van der Waals surface area contributed by atoms with E-state index in [2.05, 4.69) is 5.32 Å². The Bertz CT molecular complexity index is 439. The fraction of sp³-hybridized carbons (Fsp3) is 0.417. The summed E-state index contributed by atoms with van der Waals surface area (Å²) in [6.07, 6.45) is 0. The Hall–Kier alpha value is -1.82. The highest BCUT2D eigenvalue weighted by atomic mass is 19.1. The van der Waals surface area contributed by atoms with Crippen molar-refractivity contribution in [3.63, 3.8) is 0 Å². The SMILES string of the molecule is O=C1NCCN1CCOc1ccc(CO)cc1F. The molecule has 6 heteroatoms. The van der Waals surface area contributed by atoms with Crippen molar-refractivity contribution in [2.75, 3.05) is 26.2 Å². The van der Waals surface area contributed by atoms with E-state index in [4.69, 9.17) is 9.84 Å². The van der Waals surface area contributed by atoms with Gasteiger partial charge in [-0.1, -0.05) is 6.07 Å². The summed E-state index contributed by atoms with van der Waals surface area (Å²) in [5.74, 6) is -0.376. The molecular weight excluding hydrogens is 239 g/mol. The van der Waals surface area contributed by atoms with Crippen molar-refractivity contribution < 1.29 is 19.0 Å². The van der Waals surface area contributed by atoms with E-state index in [1.54, 1.807) is 11.0 Å². The van der Waals surface area contributed by atoms with Crippen LogP contribution in [0, 0.1) is 5.82 Å². The number of carbonyl (C=O) groups excluding carboxylic acids is 1. The Labute approximate surface area is 104 Å². The quantitative estimate of drug-likeness (QED) is 0.814. The van der Waals surface area contributed by atoms with Crippen LogP contribution in [0.5, 0.6) is 5.75 Å². The topological polar surface area (TPSA) is 61.8 Å². The molecule has 0 atom stereocenters. The number of amides is 2. The molecule has 2 amide bonds. The predicted molar refractivity (Wildman–Crippen MR) is 62.8 cm³/mol. The number of carbonyl (C=O) groups is 1. The van der Waals surface area contributed by atoms with Gasteiger partial charge < -0.3 is 20.1 Å². The summed E-state index contributed by atoms with van der Waals surface area (Å²) in [5.41, 5.74) is 0.499. The van der Waals surface area contributed by atoms with Crippen molar-refractivity contribution in [2.24, 2.45) is 0 Å². The lowest BCUT2D eigenvalue weighted by Gasteiger charge is -2.14. The second kappa shape index (κ2) is 5.68. The first kappa shape index (κ1) is 12.6. The summed E-state index contributed by atoms with van der Waals surface area (Å²) in [7, 11) is 0. The van der Waals surface area contributed by atoms with Crippen molar-refractivity contribution in [1.82, 2.24) is 10.2 Å². The van der Waals surface area contributed by atoms with Gasteiger partial charge in [0.25, 0.3) is 0 Å². The zero-order valence-electron chi connectivity index (χ0n) is 9.86. The fourth-order valence-electron chi connectivity index (χ4n) is 1.75. The maximum atomic E-state index is 13.5. The van der Waals surface area contributed by atoms with E-state index in [9.17, 15) is 9.18 Å². The molecule has 1 aliphatic heterocycles. The Morgan fingerprint density at radius 3 is 2.94 bits per heavy atom. The second-order valence-electron chi connectivity index (χ2n) is 3.99. The van der Waals surface area contributed by atoms with Crippen molar-refractivity contribution in [3.05, 3.63) is 29.6 Å². The highest BCUT2D eigenvalue weighted by molar-refractivity contribution is 5.76. The minimum Gasteiger partial charge on any atom is -0.489 e. The monoisotopic (exact) mass is 254 g/mol. The molecule has 0 aromatic heterocycles. The highest BCUT2D eigenvalue weighted by Gasteiger charge is 2.18. The molecule has 98 valence electrons. The molecule has 0 aliphatic carbocycles. The molecule has 1 aliphatic rings. The number of aliphatic hydroxyl groups excluding tert-OH is 1. The standard InChI is InChI=1S/C12H15FN2O3/c13-10-7-9(8-16)1-2-11(10)18-6-5-15-4-3-14-12(15)17/h1-2,7,16H,3-6,8H2,(H,14,17). The van der Waals surface area contributed by atoms with E-state index < -0.39 is 5.82 Å². The smallest absolute Gasteiger partial charge is 0.317 e. The third-order valence-corrected chi connectivity index (χ3v) is 2.74. The summed E-state index contributed by atoms with van der Waals surface area (Å²) >= 11 is 0. The van der Waals surface area contributed by atoms with Gasteiger partial charge in [0.2, 0.25) is 0 Å². The van der Waals surface area contributed by atoms with Crippen LogP contribution < -0.4 is 10.1 Å². The molecule has 0 radical (unpaired) electrons. The van der Waals surface area contributed by atoms with E-state index in [1.807, 2.05) is 0 Å². The van der Waals surface area contributed by atoms with Crippen molar-refractivity contribution in [3.8, 4) is 5.75 Å². The molecule has 1 saturated heterocycles. The first-order valence-corrected chi connectivity index (χ1v) is 5.75. The molecule has 5 nitrogen and oxygen atoms in total. The Morgan fingerprint density at radius 1 is 1.50 bits per heavy atom. The number of hydrogen-bond acceptors (Lipinski definition) is 3. The summed E-state index contributed by atoms with van der Waals surface area (Å²) in [4.78, 5) is 12.8. The van der Waals surface area contributed by atoms with Gasteiger partial charge in [-0.15, -0.1) is 0 Å². The number of halogens is 1. The molecule has 0 unspecified atom stereocenters. The number of nitrogens with one attached hydrogen (secondary N) is 1. The van der Waals surface area contributed by atoms with Gasteiger partial charge in [-0.3, -0.25) is 0 Å². The number of aliphatic hydroxyl groups is 1. The third kappa shape index (κ3) is 2.89. The van der Waals surface area contributed by atoms with Crippen LogP contribution in [0.2, 0.25) is 0 Å². The zero-order valence-corrected chi connectivity index (χ0v) is 9.86. The van der Waals surface area contributed by atoms with Crippen molar-refractivity contribution >= 4 is 6.03 Å². The third-order valence-electron chi connectivity index (χ3n) is 2.74. The molecule has 2 rings (SSSR count). The number of rotatable bonds is 5. The predicted octanol–water partition coefficient (Wildman–Crippen LogP) is 0.722. The van der Waals surface area contributed by atoms with Gasteiger partial charge in [-0.05, 0) is 17.7 Å². The van der Waals surface area contributed by atoms with E-state index in [0.717, 1.165) is 0 Å². The van der Waals surface area contributed by atoms with Gasteiger partial charge in [-0.2, -0.15) is 0 Å². The van der Waals surface area contributed by atoms with Gasteiger partial charge in [0, 0.05) is 13.1 Å². The Kier molecular flexibility index (Phi) is 3.99. The minimum absolute atomic E-state index is 0.116. The normalized spacial score (nSPS) is 14.8. The average Bonchev–Trinajstić information content (AvgIpc) is 2.77. The Morgan fingerprint density at radius 2 is 2.33 bits per heavy atom. The summed E-state index contributed by atoms with van der Waals surface area (Å²) in [5, 5.41) is 11.5. The van der Waals surface area contributed by atoms with Crippen LogP contribution in [0.3, 0.4) is 0 Å². The molecule has 1 aromatic carbocycles. The van der Waals surface area contributed by atoms with Crippen LogP contribution in [0.4, 0.5) is 9.18 Å². The second-order valence-corrected chi connectivity index (χ2v) is 3.99. The summed E-state index contributed by atoms with van der Waals surface area (Å²) in [6.45, 7) is 1.74. The van der Waals surface area contributed by atoms with Crippen LogP contribution in [0.1, 0.15) is 5.56 Å². The molecule has 0 saturated carbocycles. The molecule has 0 spiro atoms. The van der Waals surface area contributed by atoms with Gasteiger partial charge in [0.1, 0.15) is 6.61 Å². The maximum absolute atomic E-state index is 13.5. The molecule has 1 aromatic rings. The van der Waals surface area contributed by atoms with E-state index >= 15 is 0 Å². The van der Waals surface area contributed by atoms with Crippen molar-refractivity contribution in [2.45, 2.75) is 6.61 Å². The first-order valence-electron chi connectivity index (χ1n) is 5.75. The van der Waals surface area contributed by atoms with Crippen LogP contribution in [0.15, 0.2) is 18.2 Å². The van der Waals surface area contributed by atoms with Crippen LogP contribution in [0.25, 0.3) is 0 Å². The van der Waals surface area contributed by atoms with E-state index in [1.165, 1.54) is 12.1 Å². The lowest BCUT2D eigenvalue weighted by atomic mass is 10.2. The molecule has 1 heterocycles. The molecule has 2 N–H and O–H groups in total. The number of benzene rings is 1. The lowest BCUT2D eigenvalue weighted by molar-refractivity contribution is 0.201. The highest BCUT2D eigenvalue weighted by Crippen LogP contribution is 2.18. The number of urea groups is 1. The van der Waals surface area contributed by atoms with Crippen LogP contribution >= 0.6 is 0 Å². The van der Waals surface area contributed by atoms with E-state index in [0.29, 0.717) is 25.2 Å². The van der Waals surface area contributed by atoms with Crippen LogP contribution in [-0.4, -0.2) is 42.3 Å². The average molecular weight is 254 g/mol. The minimum atomic E-state index is -0.507. The fourth-order valence-corrected chi connectivity index (χ4v) is 1.75. The first-order chi connectivity index (χ1) is 8.70. The van der Waals surface area contributed by atoms with Gasteiger partial charge in [-0.25, -0.2) is 9.18 Å². The van der Waals surface area contributed by atoms with Gasteiger partial charge in [0.15, 0.2) is 11.6 Å². The zero-order chi connectivity index (χ0) is 13.0.